The second-order valence-electron chi connectivity index (χ2n) is 20.1. The lowest BCUT2D eigenvalue weighted by Crippen LogP contribution is -2.70. The van der Waals surface area contributed by atoms with Crippen LogP contribution in [0.15, 0.2) is 90.1 Å². The molecule has 74 heavy (non-hydrogen) atoms. The van der Waals surface area contributed by atoms with E-state index in [1.165, 1.54) is 50.7 Å². The first-order chi connectivity index (χ1) is 36.1. The van der Waals surface area contributed by atoms with Crippen molar-refractivity contribution in [1.29, 1.82) is 0 Å². The second-order valence-corrected chi connectivity index (χ2v) is 20.1. The molecular weight excluding hydrogens is 943 g/mol. The van der Waals surface area contributed by atoms with E-state index in [1.54, 1.807) is 23.1 Å². The van der Waals surface area contributed by atoms with Crippen molar-refractivity contribution in [3.8, 4) is 17.2 Å². The Labute approximate surface area is 439 Å². The number of unbranched alkanes of at least 4 members (excludes halogenated alkanes) is 11. The van der Waals surface area contributed by atoms with Gasteiger partial charge in [0.15, 0.2) is 0 Å². The molecule has 0 aromatic heterocycles. The van der Waals surface area contributed by atoms with Gasteiger partial charge >= 0.3 is 6.09 Å². The molecule has 6 rings (SSSR count). The number of hydrogen-bond donors (Lipinski definition) is 3. The van der Waals surface area contributed by atoms with Gasteiger partial charge in [-0.1, -0.05) is 101 Å². The Bertz CT molecular complexity index is 2290. The molecule has 3 aromatic rings. The summed E-state index contributed by atoms with van der Waals surface area (Å²) in [7, 11) is 0. The van der Waals surface area contributed by atoms with Crippen molar-refractivity contribution in [2.24, 2.45) is 22.9 Å². The van der Waals surface area contributed by atoms with Crippen LogP contribution in [-0.2, 0) is 25.7 Å². The number of carbonyl (C=O) groups is 1. The number of benzene rings is 3. The summed E-state index contributed by atoms with van der Waals surface area (Å²) in [4.78, 5) is 33.8. The largest absolute Gasteiger partial charge is 0.459 e. The first kappa shape index (κ1) is 57.9. The van der Waals surface area contributed by atoms with Crippen molar-refractivity contribution in [3.63, 3.8) is 0 Å². The molecule has 2 aliphatic carbocycles. The maximum absolute atomic E-state index is 14.9. The minimum atomic E-state index is -1.54. The Morgan fingerprint density at radius 2 is 1.53 bits per heavy atom. The molecule has 0 spiro atoms. The molecule has 1 aliphatic heterocycles. The second kappa shape index (κ2) is 30.3. The summed E-state index contributed by atoms with van der Waals surface area (Å²) in [5, 5.41) is 46.2. The number of nitro benzene ring substituents is 1. The Hall–Kier alpha value is -5.32. The normalized spacial score (nSPS) is 21.2. The van der Waals surface area contributed by atoms with E-state index in [4.69, 9.17) is 33.7 Å². The maximum Gasteiger partial charge on any atom is 0.410 e. The Morgan fingerprint density at radius 1 is 0.838 bits per heavy atom. The van der Waals surface area contributed by atoms with Crippen molar-refractivity contribution < 1.29 is 53.6 Å². The zero-order valence-electron chi connectivity index (χ0n) is 44.3. The highest BCUT2D eigenvalue weighted by atomic mass is 16.7. The van der Waals surface area contributed by atoms with Gasteiger partial charge in [-0.3, -0.25) is 15.0 Å². The van der Waals surface area contributed by atoms with Crippen LogP contribution in [0, 0.1) is 41.7 Å². The van der Waals surface area contributed by atoms with Gasteiger partial charge in [-0.15, -0.1) is 6.58 Å². The van der Waals surface area contributed by atoms with E-state index in [-0.39, 0.29) is 89.3 Å². The van der Waals surface area contributed by atoms with Crippen molar-refractivity contribution >= 4 is 17.5 Å². The van der Waals surface area contributed by atoms with Crippen molar-refractivity contribution in [2.45, 2.75) is 154 Å². The van der Waals surface area contributed by atoms with Crippen molar-refractivity contribution in [1.82, 2.24) is 4.90 Å². The Kier molecular flexibility index (Phi) is 23.7. The number of aliphatic hydroxyl groups is 3. The van der Waals surface area contributed by atoms with Gasteiger partial charge in [-0.25, -0.2) is 4.79 Å². The number of allylic oxidation sites excluding steroid dienone is 1. The molecular formula is C59H83N3O12. The average molecular weight is 1030 g/mol. The first-order valence-electron chi connectivity index (χ1n) is 27.4. The van der Waals surface area contributed by atoms with E-state index in [1.807, 2.05) is 30.3 Å². The van der Waals surface area contributed by atoms with E-state index in [2.05, 4.69) is 39.5 Å². The molecule has 3 N–H and O–H groups in total. The number of amides is 1. The van der Waals surface area contributed by atoms with Gasteiger partial charge < -0.3 is 43.8 Å². The van der Waals surface area contributed by atoms with Crippen LogP contribution in [0.3, 0.4) is 0 Å². The number of rotatable bonds is 34. The molecule has 0 unspecified atom stereocenters. The maximum atomic E-state index is 14.9. The molecule has 3 aliphatic rings. The molecule has 15 nitrogen and oxygen atoms in total. The zero-order chi connectivity index (χ0) is 52.7. The number of non-ortho nitro benzene ring substituents is 1. The fraction of sp³-hybridized carbons (Fsp3) is 0.593. The summed E-state index contributed by atoms with van der Waals surface area (Å²) in [6.07, 6.45) is 19.2. The van der Waals surface area contributed by atoms with E-state index in [0.717, 1.165) is 67.2 Å². The summed E-state index contributed by atoms with van der Waals surface area (Å²) < 4.78 is 33.2. The summed E-state index contributed by atoms with van der Waals surface area (Å²) >= 11 is 0. The zero-order valence-corrected chi connectivity index (χ0v) is 44.3. The number of aryl methyl sites for hydroxylation is 2. The molecule has 15 heteroatoms. The quantitative estimate of drug-likeness (QED) is 0.0222. The number of nitrogens with zero attached hydrogens (tertiary/aromatic N) is 3. The average Bonchev–Trinajstić information content (AvgIpc) is 3.40. The smallest absolute Gasteiger partial charge is 0.410 e. The molecule has 1 heterocycles. The lowest BCUT2D eigenvalue weighted by molar-refractivity contribution is -0.384. The highest BCUT2D eigenvalue weighted by Gasteiger charge is 2.65. The van der Waals surface area contributed by atoms with Crippen LogP contribution in [-0.4, -0.2) is 102 Å². The number of oxime groups is 1. The molecule has 3 aromatic carbocycles. The highest BCUT2D eigenvalue weighted by Crippen LogP contribution is 2.62. The first-order valence-corrected chi connectivity index (χ1v) is 27.4. The number of nitro groups is 1. The van der Waals surface area contributed by atoms with Gasteiger partial charge in [-0.2, -0.15) is 0 Å². The SMILES string of the molecule is C=CCO[C@@]12Oc3ccc(Oc4ccc(C)c(C)c4)cc3[C@H]3[C@H](CCCCO)[C@@H](CCCCO)C=C(C(=NOCc4ccc([N+](=O)[O-])cc4)C[C@@H]1N(CCOCCO)C(=O)OCCCCCCCCCCCC)[C@H]32. The summed E-state index contributed by atoms with van der Waals surface area (Å²) in [5.74, 6) is -0.543. The van der Waals surface area contributed by atoms with Gasteiger partial charge in [0, 0.05) is 49.8 Å². The molecule has 1 fully saturated rings. The monoisotopic (exact) mass is 1030 g/mol. The minimum Gasteiger partial charge on any atom is -0.459 e. The molecule has 1 amide bonds. The molecule has 6 atom stereocenters. The predicted molar refractivity (Wildman–Crippen MR) is 287 cm³/mol. The third-order valence-electron chi connectivity index (χ3n) is 15.0. The highest BCUT2D eigenvalue weighted by molar-refractivity contribution is 6.03. The molecule has 1 saturated carbocycles. The Balaban J connectivity index is 1.46. The fourth-order valence-corrected chi connectivity index (χ4v) is 11.1. The third-order valence-corrected chi connectivity index (χ3v) is 15.0. The summed E-state index contributed by atoms with van der Waals surface area (Å²) in [6, 6.07) is 17.2. The number of ether oxygens (including phenoxy) is 5. The number of hydrogen-bond acceptors (Lipinski definition) is 13. The fourth-order valence-electron chi connectivity index (χ4n) is 11.1. The number of fused-ring (bicyclic) bond motifs is 2. The lowest BCUT2D eigenvalue weighted by atomic mass is 9.55. The van der Waals surface area contributed by atoms with Gasteiger partial charge in [-0.05, 0) is 123 Å². The Morgan fingerprint density at radius 3 is 2.20 bits per heavy atom. The van der Waals surface area contributed by atoms with Crippen LogP contribution in [0.1, 0.15) is 144 Å². The van der Waals surface area contributed by atoms with Crippen LogP contribution in [0.4, 0.5) is 10.5 Å². The van der Waals surface area contributed by atoms with Crippen LogP contribution in [0.5, 0.6) is 17.2 Å². The lowest BCUT2D eigenvalue weighted by Gasteiger charge is -2.59. The summed E-state index contributed by atoms with van der Waals surface area (Å²) in [5.41, 5.74) is 5.26. The molecule has 406 valence electrons. The topological polar surface area (TPSA) is 192 Å². The van der Waals surface area contributed by atoms with Gasteiger partial charge in [0.2, 0.25) is 5.79 Å². The summed E-state index contributed by atoms with van der Waals surface area (Å²) in [6.45, 7) is 10.9. The van der Waals surface area contributed by atoms with Crippen LogP contribution in [0.2, 0.25) is 0 Å². The van der Waals surface area contributed by atoms with E-state index < -0.39 is 28.8 Å². The van der Waals surface area contributed by atoms with Gasteiger partial charge in [0.05, 0.1) is 49.6 Å². The molecule has 0 saturated heterocycles. The van der Waals surface area contributed by atoms with Gasteiger partial charge in [0.25, 0.3) is 5.69 Å². The number of carbonyl (C=O) groups excluding carboxylic acids is 1. The van der Waals surface area contributed by atoms with Crippen molar-refractivity contribution in [3.05, 3.63) is 117 Å². The predicted octanol–water partition coefficient (Wildman–Crippen LogP) is 12.2. The van der Waals surface area contributed by atoms with Crippen LogP contribution < -0.4 is 9.47 Å². The minimum absolute atomic E-state index is 0.00528. The molecule has 0 radical (unpaired) electrons. The van der Waals surface area contributed by atoms with Crippen LogP contribution in [0.25, 0.3) is 0 Å². The van der Waals surface area contributed by atoms with E-state index in [0.29, 0.717) is 47.8 Å². The molecule has 0 bridgehead atoms. The third kappa shape index (κ3) is 15.6. The number of aliphatic hydroxyl groups excluding tert-OH is 3. The van der Waals surface area contributed by atoms with E-state index >= 15 is 0 Å². The van der Waals surface area contributed by atoms with Crippen molar-refractivity contribution in [2.75, 3.05) is 52.8 Å². The standard InChI is InChI=1S/C59H83N3O12/c1-5-7-8-9-10-11-12-13-14-19-35-70-58(66)61(30-36-69-37-33-65)55-41-53(60-72-42-45-23-25-47(26-24-45)62(67)68)51-39-46(20-15-17-31-63)50(21-16-18-32-64)56-52-40-49(73-48-27-22-43(3)44(4)38-48)28-29-54(52)74-59(55,57(51)56)71-34-6-2/h6,22-29,38-40,46,50,55-57,63-65H,2,5,7-21,30-37,41-42H2,1,3-4H3/t46-,50+,55-,56+,57+,59+/m0/s1. The van der Waals surface area contributed by atoms with Gasteiger partial charge in [0.1, 0.15) is 29.9 Å². The van der Waals surface area contributed by atoms with E-state index in [9.17, 15) is 30.2 Å². The van der Waals surface area contributed by atoms with Crippen LogP contribution >= 0.6 is 0 Å².